The van der Waals surface area contributed by atoms with Crippen LogP contribution < -0.4 is 0 Å². The van der Waals surface area contributed by atoms with Crippen LogP contribution in [-0.4, -0.2) is 21.0 Å². The van der Waals surface area contributed by atoms with Gasteiger partial charge in [-0.25, -0.2) is 18.2 Å². The zero-order valence-corrected chi connectivity index (χ0v) is 14.9. The number of fused-ring (bicyclic) bond motifs is 1. The Morgan fingerprint density at radius 1 is 1.16 bits per heavy atom. The van der Waals surface area contributed by atoms with E-state index in [1.807, 2.05) is 27.7 Å². The molecule has 0 fully saturated rings. The zero-order chi connectivity index (χ0) is 18.5. The maximum atomic E-state index is 13.7. The van der Waals surface area contributed by atoms with Gasteiger partial charge in [0, 0.05) is 24.3 Å². The van der Waals surface area contributed by atoms with E-state index >= 15 is 0 Å². The minimum atomic E-state index is -1.46. The number of nitrogens with zero attached hydrogens (tertiary/aromatic N) is 3. The number of imidazole rings is 1. The summed E-state index contributed by atoms with van der Waals surface area (Å²) >= 11 is 0. The quantitative estimate of drug-likeness (QED) is 0.743. The molecule has 0 amide bonds. The zero-order valence-electron chi connectivity index (χ0n) is 14.9. The average molecular weight is 349 g/mol. The fourth-order valence-corrected chi connectivity index (χ4v) is 3.58. The van der Waals surface area contributed by atoms with Crippen molar-refractivity contribution in [3.63, 3.8) is 0 Å². The molecule has 0 saturated heterocycles. The van der Waals surface area contributed by atoms with Crippen molar-refractivity contribution in [1.29, 1.82) is 0 Å². The molecule has 0 unspecified atom stereocenters. The molecule has 1 aromatic carbocycles. The molecular weight excluding hydrogens is 327 g/mol. The normalized spacial score (nSPS) is 16.2. The highest BCUT2D eigenvalue weighted by molar-refractivity contribution is 5.64. The first-order valence-corrected chi connectivity index (χ1v) is 8.33. The van der Waals surface area contributed by atoms with Crippen LogP contribution in [0.5, 0.6) is 0 Å². The molecule has 25 heavy (non-hydrogen) atoms. The number of rotatable bonds is 3. The lowest BCUT2D eigenvalue weighted by atomic mass is 9.99. The Kier molecular flexibility index (Phi) is 4.17. The Balaban J connectivity index is 2.26. The van der Waals surface area contributed by atoms with Crippen LogP contribution in [0.1, 0.15) is 45.1 Å². The summed E-state index contributed by atoms with van der Waals surface area (Å²) in [6, 6.07) is 2.02. The summed E-state index contributed by atoms with van der Waals surface area (Å²) in [5.41, 5.74) is 1.25. The first-order valence-electron chi connectivity index (χ1n) is 8.33. The Morgan fingerprint density at radius 3 is 2.28 bits per heavy atom. The van der Waals surface area contributed by atoms with Crippen LogP contribution >= 0.6 is 0 Å². The highest BCUT2D eigenvalue weighted by atomic mass is 19.2. The van der Waals surface area contributed by atoms with Gasteiger partial charge in [0.15, 0.2) is 17.5 Å². The van der Waals surface area contributed by atoms with Gasteiger partial charge in [0.2, 0.25) is 0 Å². The minimum Gasteiger partial charge on any atom is -0.364 e. The van der Waals surface area contributed by atoms with Gasteiger partial charge < -0.3 is 9.47 Å². The van der Waals surface area contributed by atoms with Crippen LogP contribution in [0.15, 0.2) is 24.9 Å². The summed E-state index contributed by atoms with van der Waals surface area (Å²) in [4.78, 5) is 6.82. The number of hydrogen-bond acceptors (Lipinski definition) is 2. The molecule has 3 nitrogen and oxygen atoms in total. The van der Waals surface area contributed by atoms with Gasteiger partial charge in [-0.2, -0.15) is 0 Å². The van der Waals surface area contributed by atoms with E-state index in [4.69, 9.17) is 4.98 Å². The van der Waals surface area contributed by atoms with Gasteiger partial charge in [-0.15, -0.1) is 0 Å². The molecule has 0 atom stereocenters. The summed E-state index contributed by atoms with van der Waals surface area (Å²) in [5.74, 6) is -2.97. The van der Waals surface area contributed by atoms with Crippen molar-refractivity contribution in [3.05, 3.63) is 53.9 Å². The number of halogens is 3. The summed E-state index contributed by atoms with van der Waals surface area (Å²) < 4.78 is 42.9. The molecular formula is C19H22F3N3. The molecule has 0 saturated carbocycles. The third-order valence-corrected chi connectivity index (χ3v) is 4.86. The lowest BCUT2D eigenvalue weighted by Gasteiger charge is -2.42. The largest absolute Gasteiger partial charge is 0.364 e. The van der Waals surface area contributed by atoms with E-state index in [2.05, 4.69) is 16.0 Å². The molecule has 6 heteroatoms. The highest BCUT2D eigenvalue weighted by Gasteiger charge is 2.38. The maximum Gasteiger partial charge on any atom is 0.194 e. The number of benzene rings is 1. The van der Waals surface area contributed by atoms with Crippen molar-refractivity contribution in [2.45, 2.75) is 45.7 Å². The van der Waals surface area contributed by atoms with Crippen LogP contribution in [0.25, 0.3) is 11.3 Å². The molecule has 3 rings (SSSR count). The molecule has 0 bridgehead atoms. The third-order valence-electron chi connectivity index (χ3n) is 4.86. The second-order valence-corrected chi connectivity index (χ2v) is 7.16. The van der Waals surface area contributed by atoms with Crippen molar-refractivity contribution < 1.29 is 13.2 Å². The monoisotopic (exact) mass is 349 g/mol. The van der Waals surface area contributed by atoms with Gasteiger partial charge in [0.1, 0.15) is 5.82 Å². The summed E-state index contributed by atoms with van der Waals surface area (Å²) in [5, 5.41) is 0. The first kappa shape index (κ1) is 17.6. The predicted molar refractivity (Wildman–Crippen MR) is 91.6 cm³/mol. The van der Waals surface area contributed by atoms with Gasteiger partial charge in [-0.3, -0.25) is 0 Å². The lowest BCUT2D eigenvalue weighted by Crippen LogP contribution is -2.46. The molecule has 1 aromatic heterocycles. The molecule has 134 valence electrons. The van der Waals surface area contributed by atoms with Crippen molar-refractivity contribution in [1.82, 2.24) is 14.5 Å². The van der Waals surface area contributed by atoms with E-state index in [0.29, 0.717) is 12.2 Å². The average Bonchev–Trinajstić information content (AvgIpc) is 2.93. The van der Waals surface area contributed by atoms with E-state index in [1.54, 1.807) is 6.20 Å². The maximum absolute atomic E-state index is 13.7. The first-order chi connectivity index (χ1) is 11.7. The van der Waals surface area contributed by atoms with Crippen LogP contribution in [-0.2, 0) is 12.1 Å². The standard InChI is InChI=1S/C19H22F3N3/c1-6-24-7-8-25-17(11(2)3)16(23-18(25)19(24,4)5)12-9-13(20)15(22)14(21)10-12/h6,9-11H,1,7-8H2,2-5H3. The number of hydrogen-bond donors (Lipinski definition) is 0. The van der Waals surface area contributed by atoms with Crippen LogP contribution in [0.4, 0.5) is 13.2 Å². The van der Waals surface area contributed by atoms with Gasteiger partial charge in [0.25, 0.3) is 0 Å². The van der Waals surface area contributed by atoms with Crippen LogP contribution in [0.3, 0.4) is 0 Å². The summed E-state index contributed by atoms with van der Waals surface area (Å²) in [7, 11) is 0. The second kappa shape index (κ2) is 5.93. The second-order valence-electron chi connectivity index (χ2n) is 7.16. The molecule has 0 radical (unpaired) electrons. The molecule has 0 N–H and O–H groups in total. The van der Waals surface area contributed by atoms with Crippen LogP contribution in [0, 0.1) is 17.5 Å². The summed E-state index contributed by atoms with van der Waals surface area (Å²) in [6.07, 6.45) is 1.78. The number of aromatic nitrogens is 2. The molecule has 1 aliphatic rings. The third kappa shape index (κ3) is 2.64. The van der Waals surface area contributed by atoms with Gasteiger partial charge in [-0.05, 0) is 38.1 Å². The predicted octanol–water partition coefficient (Wildman–Crippen LogP) is 4.79. The SMILES string of the molecule is C=CN1CCn2c(nc(-c3cc(F)c(F)c(F)c3)c2C(C)C)C1(C)C. The summed E-state index contributed by atoms with van der Waals surface area (Å²) in [6.45, 7) is 13.4. The highest BCUT2D eigenvalue weighted by Crippen LogP contribution is 2.38. The Morgan fingerprint density at radius 2 is 1.76 bits per heavy atom. The smallest absolute Gasteiger partial charge is 0.194 e. The van der Waals surface area contributed by atoms with E-state index < -0.39 is 23.0 Å². The molecule has 0 spiro atoms. The minimum absolute atomic E-state index is 0.0958. The molecule has 2 heterocycles. The topological polar surface area (TPSA) is 21.1 Å². The fraction of sp³-hybridized carbons (Fsp3) is 0.421. The van der Waals surface area contributed by atoms with Crippen molar-refractivity contribution in [3.8, 4) is 11.3 Å². The van der Waals surface area contributed by atoms with E-state index in [0.717, 1.165) is 30.2 Å². The van der Waals surface area contributed by atoms with Gasteiger partial charge in [0.05, 0.1) is 11.2 Å². The fourth-order valence-electron chi connectivity index (χ4n) is 3.58. The Labute approximate surface area is 145 Å². The van der Waals surface area contributed by atoms with Crippen molar-refractivity contribution in [2.75, 3.05) is 6.54 Å². The van der Waals surface area contributed by atoms with E-state index in [1.165, 1.54) is 0 Å². The van der Waals surface area contributed by atoms with Crippen molar-refractivity contribution >= 4 is 0 Å². The van der Waals surface area contributed by atoms with E-state index in [9.17, 15) is 13.2 Å². The molecule has 1 aliphatic heterocycles. The van der Waals surface area contributed by atoms with E-state index in [-0.39, 0.29) is 11.5 Å². The van der Waals surface area contributed by atoms with Crippen LogP contribution in [0.2, 0.25) is 0 Å². The van der Waals surface area contributed by atoms with Crippen molar-refractivity contribution in [2.24, 2.45) is 0 Å². The lowest BCUT2D eigenvalue weighted by molar-refractivity contribution is 0.134. The Bertz CT molecular complexity index is 814. The molecule has 0 aliphatic carbocycles. The van der Waals surface area contributed by atoms with Gasteiger partial charge in [-0.1, -0.05) is 20.4 Å². The Hall–Kier alpha value is -2.24. The van der Waals surface area contributed by atoms with Gasteiger partial charge >= 0.3 is 0 Å². The molecule has 2 aromatic rings.